The molecule has 2 aromatic heterocycles. The molecule has 5 nitrogen and oxygen atoms in total. The summed E-state index contributed by atoms with van der Waals surface area (Å²) in [4.78, 5) is 19.6. The SMILES string of the molecule is CCNC(c1c[nH]c(C)cc1=O)c1nccn1CC. The van der Waals surface area contributed by atoms with Gasteiger partial charge in [-0.15, -0.1) is 0 Å². The predicted octanol–water partition coefficient (Wildman–Crippen LogP) is 1.60. The number of pyridine rings is 1. The van der Waals surface area contributed by atoms with E-state index in [2.05, 4.69) is 22.2 Å². The Labute approximate surface area is 112 Å². The standard InChI is InChI=1S/C14H20N4O/c1-4-15-13(14-16-6-7-18(14)5-2)11-9-17-10(3)8-12(11)19/h6-9,13,15H,4-5H2,1-3H3,(H,17,19). The molecule has 0 fully saturated rings. The Hall–Kier alpha value is -1.88. The van der Waals surface area contributed by atoms with Gasteiger partial charge in [0.25, 0.3) is 0 Å². The Bertz CT molecular complexity index is 599. The van der Waals surface area contributed by atoms with E-state index < -0.39 is 0 Å². The number of hydrogen-bond acceptors (Lipinski definition) is 3. The van der Waals surface area contributed by atoms with Gasteiger partial charge in [0.2, 0.25) is 0 Å². The molecule has 0 spiro atoms. The second kappa shape index (κ2) is 5.84. The van der Waals surface area contributed by atoms with Crippen LogP contribution in [0.5, 0.6) is 0 Å². The van der Waals surface area contributed by atoms with Gasteiger partial charge in [-0.25, -0.2) is 4.98 Å². The minimum atomic E-state index is -0.177. The molecular formula is C14H20N4O. The lowest BCUT2D eigenvalue weighted by atomic mass is 10.1. The third-order valence-corrected chi connectivity index (χ3v) is 3.15. The molecule has 19 heavy (non-hydrogen) atoms. The van der Waals surface area contributed by atoms with Gasteiger partial charge in [-0.05, 0) is 20.4 Å². The summed E-state index contributed by atoms with van der Waals surface area (Å²) < 4.78 is 2.05. The summed E-state index contributed by atoms with van der Waals surface area (Å²) in [6.07, 6.45) is 5.48. The van der Waals surface area contributed by atoms with Crippen molar-refractivity contribution in [2.24, 2.45) is 0 Å². The Kier molecular flexibility index (Phi) is 4.16. The van der Waals surface area contributed by atoms with Crippen LogP contribution >= 0.6 is 0 Å². The molecule has 0 saturated heterocycles. The Morgan fingerprint density at radius 3 is 2.89 bits per heavy atom. The van der Waals surface area contributed by atoms with E-state index in [4.69, 9.17) is 0 Å². The summed E-state index contributed by atoms with van der Waals surface area (Å²) in [6.45, 7) is 7.57. The lowest BCUT2D eigenvalue weighted by Crippen LogP contribution is -2.29. The third kappa shape index (κ3) is 2.76. The summed E-state index contributed by atoms with van der Waals surface area (Å²) in [5.74, 6) is 0.874. The highest BCUT2D eigenvalue weighted by Crippen LogP contribution is 2.17. The highest BCUT2D eigenvalue weighted by Gasteiger charge is 2.20. The molecule has 0 aliphatic heterocycles. The molecule has 0 amide bonds. The number of rotatable bonds is 5. The average molecular weight is 260 g/mol. The minimum absolute atomic E-state index is 0.0350. The number of nitrogens with zero attached hydrogens (tertiary/aromatic N) is 2. The van der Waals surface area contributed by atoms with Crippen molar-refractivity contribution in [3.8, 4) is 0 Å². The molecule has 0 aliphatic carbocycles. The largest absolute Gasteiger partial charge is 0.365 e. The van der Waals surface area contributed by atoms with E-state index in [0.717, 1.165) is 24.6 Å². The molecule has 102 valence electrons. The molecular weight excluding hydrogens is 240 g/mol. The smallest absolute Gasteiger partial charge is 0.187 e. The van der Waals surface area contributed by atoms with E-state index in [1.54, 1.807) is 18.5 Å². The van der Waals surface area contributed by atoms with E-state index in [9.17, 15) is 4.79 Å². The normalized spacial score (nSPS) is 12.6. The van der Waals surface area contributed by atoms with Gasteiger partial charge >= 0.3 is 0 Å². The maximum absolute atomic E-state index is 12.2. The Morgan fingerprint density at radius 2 is 2.26 bits per heavy atom. The number of aromatic nitrogens is 3. The zero-order valence-corrected chi connectivity index (χ0v) is 11.6. The molecule has 2 rings (SSSR count). The quantitative estimate of drug-likeness (QED) is 0.858. The first-order valence-electron chi connectivity index (χ1n) is 6.61. The van der Waals surface area contributed by atoms with Crippen molar-refractivity contribution in [3.63, 3.8) is 0 Å². The fraction of sp³-hybridized carbons (Fsp3) is 0.429. The maximum atomic E-state index is 12.2. The number of aromatic amines is 1. The van der Waals surface area contributed by atoms with Crippen molar-refractivity contribution in [1.29, 1.82) is 0 Å². The van der Waals surface area contributed by atoms with E-state index >= 15 is 0 Å². The van der Waals surface area contributed by atoms with Crippen LogP contribution in [0.3, 0.4) is 0 Å². The van der Waals surface area contributed by atoms with Crippen LogP contribution < -0.4 is 10.7 Å². The lowest BCUT2D eigenvalue weighted by molar-refractivity contribution is 0.555. The summed E-state index contributed by atoms with van der Waals surface area (Å²) in [5, 5.41) is 3.33. The van der Waals surface area contributed by atoms with Gasteiger partial charge in [0.1, 0.15) is 5.82 Å². The van der Waals surface area contributed by atoms with Crippen LogP contribution in [0.1, 0.15) is 37.0 Å². The van der Waals surface area contributed by atoms with E-state index in [1.165, 1.54) is 0 Å². The van der Waals surface area contributed by atoms with Crippen molar-refractivity contribution in [3.05, 3.63) is 52.0 Å². The van der Waals surface area contributed by atoms with Crippen LogP contribution in [0.15, 0.2) is 29.5 Å². The molecule has 1 atom stereocenters. The van der Waals surface area contributed by atoms with Crippen molar-refractivity contribution < 1.29 is 0 Å². The summed E-state index contributed by atoms with van der Waals surface area (Å²) in [6, 6.07) is 1.45. The summed E-state index contributed by atoms with van der Waals surface area (Å²) in [7, 11) is 0. The minimum Gasteiger partial charge on any atom is -0.365 e. The van der Waals surface area contributed by atoms with Crippen molar-refractivity contribution >= 4 is 0 Å². The monoisotopic (exact) mass is 260 g/mol. The number of H-pyrrole nitrogens is 1. The third-order valence-electron chi connectivity index (χ3n) is 3.15. The van der Waals surface area contributed by atoms with Crippen LogP contribution in [-0.4, -0.2) is 21.1 Å². The van der Waals surface area contributed by atoms with Crippen LogP contribution in [0, 0.1) is 6.92 Å². The van der Waals surface area contributed by atoms with Gasteiger partial charge in [-0.1, -0.05) is 6.92 Å². The van der Waals surface area contributed by atoms with Gasteiger partial charge < -0.3 is 14.9 Å². The summed E-state index contributed by atoms with van der Waals surface area (Å²) >= 11 is 0. The van der Waals surface area contributed by atoms with Crippen LogP contribution in [-0.2, 0) is 6.54 Å². The molecule has 0 aromatic carbocycles. The predicted molar refractivity (Wildman–Crippen MR) is 75.2 cm³/mol. The molecule has 0 bridgehead atoms. The van der Waals surface area contributed by atoms with Gasteiger partial charge in [-0.2, -0.15) is 0 Å². The van der Waals surface area contributed by atoms with E-state index in [-0.39, 0.29) is 11.5 Å². The first-order valence-corrected chi connectivity index (χ1v) is 6.61. The Balaban J connectivity index is 2.48. The van der Waals surface area contributed by atoms with Crippen molar-refractivity contribution in [2.75, 3.05) is 6.54 Å². The van der Waals surface area contributed by atoms with Crippen molar-refractivity contribution in [2.45, 2.75) is 33.4 Å². The molecule has 1 unspecified atom stereocenters. The fourth-order valence-corrected chi connectivity index (χ4v) is 2.20. The number of hydrogen-bond donors (Lipinski definition) is 2. The topological polar surface area (TPSA) is 62.7 Å². The number of aryl methyl sites for hydroxylation is 2. The lowest BCUT2D eigenvalue weighted by Gasteiger charge is -2.18. The second-order valence-electron chi connectivity index (χ2n) is 4.50. The highest BCUT2D eigenvalue weighted by atomic mass is 16.1. The first kappa shape index (κ1) is 13.5. The van der Waals surface area contributed by atoms with Gasteiger partial charge in [0.15, 0.2) is 5.43 Å². The molecule has 5 heteroatoms. The zero-order valence-electron chi connectivity index (χ0n) is 11.6. The first-order chi connectivity index (χ1) is 9.17. The number of imidazole rings is 1. The molecule has 2 N–H and O–H groups in total. The highest BCUT2D eigenvalue weighted by molar-refractivity contribution is 5.24. The fourth-order valence-electron chi connectivity index (χ4n) is 2.20. The van der Waals surface area contributed by atoms with Crippen molar-refractivity contribution in [1.82, 2.24) is 19.9 Å². The summed E-state index contributed by atoms with van der Waals surface area (Å²) in [5.41, 5.74) is 1.60. The molecule has 2 heterocycles. The van der Waals surface area contributed by atoms with E-state index in [1.807, 2.05) is 24.6 Å². The van der Waals surface area contributed by atoms with Crippen LogP contribution in [0.4, 0.5) is 0 Å². The van der Waals surface area contributed by atoms with Gasteiger partial charge in [0.05, 0.1) is 6.04 Å². The zero-order chi connectivity index (χ0) is 13.8. The van der Waals surface area contributed by atoms with E-state index in [0.29, 0.717) is 5.56 Å². The van der Waals surface area contributed by atoms with Crippen LogP contribution in [0.25, 0.3) is 0 Å². The molecule has 0 radical (unpaired) electrons. The molecule has 2 aromatic rings. The van der Waals surface area contributed by atoms with Gasteiger partial charge in [-0.3, -0.25) is 4.79 Å². The molecule has 0 aliphatic rings. The van der Waals surface area contributed by atoms with Crippen LogP contribution in [0.2, 0.25) is 0 Å². The number of nitrogens with one attached hydrogen (secondary N) is 2. The maximum Gasteiger partial charge on any atom is 0.187 e. The molecule has 0 saturated carbocycles. The second-order valence-corrected chi connectivity index (χ2v) is 4.50. The average Bonchev–Trinajstić information content (AvgIpc) is 2.85. The Morgan fingerprint density at radius 1 is 1.47 bits per heavy atom. The van der Waals surface area contributed by atoms with Gasteiger partial charge in [0, 0.05) is 42.5 Å².